The molecule has 66 valence electrons. The highest BCUT2D eigenvalue weighted by molar-refractivity contribution is 5.47. The molecule has 0 aliphatic rings. The molecule has 0 amide bonds. The smallest absolute Gasteiger partial charge is 0.274 e. The molecule has 0 bridgehead atoms. The van der Waals surface area contributed by atoms with E-state index in [1.54, 1.807) is 0 Å². The summed E-state index contributed by atoms with van der Waals surface area (Å²) in [6.45, 7) is 0. The van der Waals surface area contributed by atoms with Gasteiger partial charge in [-0.25, -0.2) is 0 Å². The fourth-order valence-electron chi connectivity index (χ4n) is 0.871. The van der Waals surface area contributed by atoms with Crippen molar-refractivity contribution < 1.29 is 9.66 Å². The summed E-state index contributed by atoms with van der Waals surface area (Å²) in [5.74, 6) is 0.311. The molecule has 0 unspecified atom stereocenters. The Labute approximate surface area is 74.3 Å². The number of nitrogens with zero attached hydrogens (tertiary/aromatic N) is 2. The van der Waals surface area contributed by atoms with Crippen LogP contribution in [-0.4, -0.2) is 12.0 Å². The maximum atomic E-state index is 10.4. The molecule has 1 rings (SSSR count). The van der Waals surface area contributed by atoms with E-state index >= 15 is 0 Å². The summed E-state index contributed by atoms with van der Waals surface area (Å²) < 4.78 is 4.79. The minimum absolute atomic E-state index is 0.143. The normalized spacial score (nSPS) is 8.92. The lowest BCUT2D eigenvalue weighted by atomic mass is 10.2. The molecule has 0 atom stereocenters. The molecule has 0 aliphatic heterocycles. The van der Waals surface area contributed by atoms with Gasteiger partial charge in [0, 0.05) is 6.07 Å². The van der Waals surface area contributed by atoms with E-state index < -0.39 is 4.92 Å². The van der Waals surface area contributed by atoms with Crippen LogP contribution in [0.1, 0.15) is 5.56 Å². The van der Waals surface area contributed by atoms with Crippen molar-refractivity contribution in [2.75, 3.05) is 7.11 Å². The first kappa shape index (κ1) is 9.00. The van der Waals surface area contributed by atoms with Gasteiger partial charge >= 0.3 is 0 Å². The minimum Gasteiger partial charge on any atom is -0.496 e. The number of non-ortho nitro benzene ring substituents is 1. The second-order valence-electron chi connectivity index (χ2n) is 2.29. The molecule has 0 spiro atoms. The Morgan fingerprint density at radius 3 is 2.69 bits per heavy atom. The van der Waals surface area contributed by atoms with Crippen LogP contribution < -0.4 is 4.74 Å². The average molecular weight is 178 g/mol. The lowest BCUT2D eigenvalue weighted by Crippen LogP contribution is -1.91. The monoisotopic (exact) mass is 178 g/mol. The second kappa shape index (κ2) is 3.54. The van der Waals surface area contributed by atoms with Crippen LogP contribution in [0.25, 0.3) is 0 Å². The van der Waals surface area contributed by atoms with E-state index in [9.17, 15) is 10.1 Å². The molecule has 0 aromatic heterocycles. The molecule has 0 saturated heterocycles. The number of nitro groups is 1. The van der Waals surface area contributed by atoms with Crippen molar-refractivity contribution in [2.24, 2.45) is 0 Å². The Bertz CT molecular complexity index is 381. The Morgan fingerprint density at radius 2 is 2.23 bits per heavy atom. The highest BCUT2D eigenvalue weighted by atomic mass is 16.6. The zero-order valence-corrected chi connectivity index (χ0v) is 6.85. The van der Waals surface area contributed by atoms with Gasteiger partial charge in [-0.2, -0.15) is 5.26 Å². The average Bonchev–Trinajstić information content (AvgIpc) is 2.16. The summed E-state index contributed by atoms with van der Waals surface area (Å²) in [6.07, 6.45) is 0. The molecule has 5 nitrogen and oxygen atoms in total. The molecule has 0 heterocycles. The third kappa shape index (κ3) is 1.93. The molecule has 1 aromatic carbocycles. The summed E-state index contributed by atoms with van der Waals surface area (Å²) in [6, 6.07) is 5.71. The van der Waals surface area contributed by atoms with Gasteiger partial charge < -0.3 is 4.74 Å². The molecule has 5 heteroatoms. The fourth-order valence-corrected chi connectivity index (χ4v) is 0.871. The van der Waals surface area contributed by atoms with E-state index in [1.165, 1.54) is 25.3 Å². The van der Waals surface area contributed by atoms with Crippen LogP contribution in [0.5, 0.6) is 5.75 Å². The van der Waals surface area contributed by atoms with Gasteiger partial charge in [0.05, 0.1) is 29.7 Å². The van der Waals surface area contributed by atoms with Gasteiger partial charge in [0.2, 0.25) is 0 Å². The topological polar surface area (TPSA) is 76.2 Å². The first-order valence-corrected chi connectivity index (χ1v) is 3.41. The lowest BCUT2D eigenvalue weighted by molar-refractivity contribution is -0.384. The predicted molar refractivity (Wildman–Crippen MR) is 44.4 cm³/mol. The van der Waals surface area contributed by atoms with Gasteiger partial charge in [0.1, 0.15) is 5.75 Å². The van der Waals surface area contributed by atoms with Crippen LogP contribution in [0.15, 0.2) is 18.2 Å². The van der Waals surface area contributed by atoms with Crippen LogP contribution in [0.2, 0.25) is 0 Å². The van der Waals surface area contributed by atoms with E-state index in [4.69, 9.17) is 10.00 Å². The fraction of sp³-hybridized carbons (Fsp3) is 0.125. The maximum Gasteiger partial charge on any atom is 0.274 e. The molecule has 0 saturated carbocycles. The second-order valence-corrected chi connectivity index (χ2v) is 2.29. The van der Waals surface area contributed by atoms with Gasteiger partial charge in [0.15, 0.2) is 0 Å². The maximum absolute atomic E-state index is 10.4. The zero-order valence-electron chi connectivity index (χ0n) is 6.85. The standard InChI is InChI=1S/C8H6N2O3/c1-13-8-3-6(5-9)2-7(4-8)10(11)12/h2-4H,1H3. The first-order valence-electron chi connectivity index (χ1n) is 3.41. The van der Waals surface area contributed by atoms with Crippen LogP contribution >= 0.6 is 0 Å². The van der Waals surface area contributed by atoms with Crippen molar-refractivity contribution in [1.82, 2.24) is 0 Å². The van der Waals surface area contributed by atoms with Crippen molar-refractivity contribution in [2.45, 2.75) is 0 Å². The van der Waals surface area contributed by atoms with Gasteiger partial charge in [-0.05, 0) is 6.07 Å². The van der Waals surface area contributed by atoms with Crippen molar-refractivity contribution >= 4 is 5.69 Å². The number of benzene rings is 1. The molecule has 0 fully saturated rings. The zero-order chi connectivity index (χ0) is 9.84. The number of hydrogen-bond donors (Lipinski definition) is 0. The summed E-state index contributed by atoms with van der Waals surface area (Å²) in [4.78, 5) is 9.81. The lowest BCUT2D eigenvalue weighted by Gasteiger charge is -1.99. The molecule has 0 N–H and O–H groups in total. The highest BCUT2D eigenvalue weighted by Crippen LogP contribution is 2.21. The number of hydrogen-bond acceptors (Lipinski definition) is 4. The molecular formula is C8H6N2O3. The Kier molecular flexibility index (Phi) is 2.45. The van der Waals surface area contributed by atoms with E-state index in [0.717, 1.165) is 0 Å². The summed E-state index contributed by atoms with van der Waals surface area (Å²) in [5.41, 5.74) is 0.0713. The van der Waals surface area contributed by atoms with Gasteiger partial charge in [0.25, 0.3) is 5.69 Å². The third-order valence-electron chi connectivity index (χ3n) is 1.47. The van der Waals surface area contributed by atoms with Gasteiger partial charge in [-0.1, -0.05) is 0 Å². The molecule has 0 aliphatic carbocycles. The Hall–Kier alpha value is -2.09. The number of methoxy groups -OCH3 is 1. The quantitative estimate of drug-likeness (QED) is 0.507. The largest absolute Gasteiger partial charge is 0.496 e. The molecular weight excluding hydrogens is 172 g/mol. The van der Waals surface area contributed by atoms with E-state index in [-0.39, 0.29) is 11.3 Å². The van der Waals surface area contributed by atoms with Crippen LogP contribution in [0.4, 0.5) is 5.69 Å². The summed E-state index contributed by atoms with van der Waals surface area (Å²) in [7, 11) is 1.39. The minimum atomic E-state index is -0.566. The predicted octanol–water partition coefficient (Wildman–Crippen LogP) is 1.48. The van der Waals surface area contributed by atoms with Crippen molar-refractivity contribution in [3.63, 3.8) is 0 Å². The van der Waals surface area contributed by atoms with Crippen LogP contribution in [0.3, 0.4) is 0 Å². The van der Waals surface area contributed by atoms with E-state index in [2.05, 4.69) is 0 Å². The van der Waals surface area contributed by atoms with E-state index in [0.29, 0.717) is 5.75 Å². The Morgan fingerprint density at radius 1 is 1.54 bits per heavy atom. The summed E-state index contributed by atoms with van der Waals surface area (Å²) >= 11 is 0. The first-order chi connectivity index (χ1) is 6.17. The van der Waals surface area contributed by atoms with E-state index in [1.807, 2.05) is 6.07 Å². The highest BCUT2D eigenvalue weighted by Gasteiger charge is 2.09. The molecule has 13 heavy (non-hydrogen) atoms. The number of nitriles is 1. The summed E-state index contributed by atoms with van der Waals surface area (Å²) in [5, 5.41) is 18.9. The molecule has 1 aromatic rings. The SMILES string of the molecule is COc1cc(C#N)cc([N+](=O)[O-])c1. The number of rotatable bonds is 2. The van der Waals surface area contributed by atoms with Gasteiger partial charge in [-0.3, -0.25) is 10.1 Å². The number of nitro benzene ring substituents is 1. The molecule has 0 radical (unpaired) electrons. The van der Waals surface area contributed by atoms with Crippen molar-refractivity contribution in [3.05, 3.63) is 33.9 Å². The third-order valence-corrected chi connectivity index (χ3v) is 1.47. The van der Waals surface area contributed by atoms with Crippen LogP contribution in [-0.2, 0) is 0 Å². The van der Waals surface area contributed by atoms with Gasteiger partial charge in [-0.15, -0.1) is 0 Å². The Balaban J connectivity index is 3.24. The number of ether oxygens (including phenoxy) is 1. The van der Waals surface area contributed by atoms with Crippen molar-refractivity contribution in [3.8, 4) is 11.8 Å². The van der Waals surface area contributed by atoms with Crippen LogP contribution in [0, 0.1) is 21.4 Å². The van der Waals surface area contributed by atoms with Crippen molar-refractivity contribution in [1.29, 1.82) is 5.26 Å².